The van der Waals surface area contributed by atoms with Gasteiger partial charge in [-0.1, -0.05) is 23.7 Å². The molecule has 0 bridgehead atoms. The number of hydrogen-bond donors (Lipinski definition) is 2. The quantitative estimate of drug-likeness (QED) is 0.680. The van der Waals surface area contributed by atoms with Crippen LogP contribution in [-0.4, -0.2) is 30.3 Å². The summed E-state index contributed by atoms with van der Waals surface area (Å²) in [7, 11) is 1.81. The van der Waals surface area contributed by atoms with Gasteiger partial charge in [0.05, 0.1) is 15.3 Å². The maximum Gasteiger partial charge on any atom is 0.353 e. The zero-order valence-electron chi connectivity index (χ0n) is 13.0. The number of aromatic nitrogens is 1. The number of halogens is 1. The van der Waals surface area contributed by atoms with Gasteiger partial charge in [-0.15, -0.1) is 0 Å². The van der Waals surface area contributed by atoms with Crippen LogP contribution in [0.25, 0.3) is 10.9 Å². The Morgan fingerprint density at radius 2 is 2.00 bits per heavy atom. The number of hydrogen-bond acceptors (Lipinski definition) is 3. The Labute approximate surface area is 145 Å². The van der Waals surface area contributed by atoms with E-state index in [4.69, 9.17) is 20.9 Å². The van der Waals surface area contributed by atoms with Crippen LogP contribution in [0.4, 0.5) is 0 Å². The third-order valence-corrected chi connectivity index (χ3v) is 5.84. The van der Waals surface area contributed by atoms with Gasteiger partial charge in [-0.25, -0.2) is 4.79 Å². The van der Waals surface area contributed by atoms with Gasteiger partial charge in [0, 0.05) is 33.6 Å². The van der Waals surface area contributed by atoms with E-state index in [2.05, 4.69) is 4.98 Å². The minimum absolute atomic E-state index is 0.114. The summed E-state index contributed by atoms with van der Waals surface area (Å²) in [6.07, 6.45) is 0. The van der Waals surface area contributed by atoms with Crippen LogP contribution in [-0.2, 0) is 4.52 Å². The molecule has 0 radical (unpaired) electrons. The van der Waals surface area contributed by atoms with Crippen molar-refractivity contribution in [2.24, 2.45) is 0 Å². The van der Waals surface area contributed by atoms with E-state index in [9.17, 15) is 9.90 Å². The van der Waals surface area contributed by atoms with Crippen LogP contribution < -0.4 is 15.3 Å². The molecule has 0 aliphatic rings. The summed E-state index contributed by atoms with van der Waals surface area (Å²) in [6.45, 7) is 0. The van der Waals surface area contributed by atoms with Crippen LogP contribution in [0.15, 0.2) is 42.5 Å². The normalized spacial score (nSPS) is 12.3. The Morgan fingerprint density at radius 3 is 2.67 bits per heavy atom. The second kappa shape index (κ2) is 6.81. The topological polar surface area (TPSA) is 71.6 Å². The molecule has 5 nitrogen and oxygen atoms in total. The summed E-state index contributed by atoms with van der Waals surface area (Å²) in [5.74, 6) is -0.350. The Hall–Kier alpha value is -2.07. The summed E-state index contributed by atoms with van der Waals surface area (Å²) in [6, 6.07) is 12.7. The van der Waals surface area contributed by atoms with Crippen molar-refractivity contribution in [3.63, 3.8) is 0 Å². The monoisotopic (exact) mass is 363 g/mol. The fraction of sp³-hybridized carbons (Fsp3) is 0.118. The van der Waals surface area contributed by atoms with Crippen LogP contribution in [0.5, 0.6) is 5.75 Å². The van der Waals surface area contributed by atoms with E-state index in [1.807, 2.05) is 24.3 Å². The van der Waals surface area contributed by atoms with E-state index in [0.717, 1.165) is 10.7 Å². The highest BCUT2D eigenvalue weighted by Crippen LogP contribution is 2.39. The number of ether oxygens (including phenoxy) is 1. The van der Waals surface area contributed by atoms with Crippen molar-refractivity contribution in [2.75, 3.05) is 14.2 Å². The van der Waals surface area contributed by atoms with Gasteiger partial charge in [-0.2, -0.15) is 0 Å². The molecule has 1 heterocycles. The molecule has 0 fully saturated rings. The van der Waals surface area contributed by atoms with Gasteiger partial charge in [-0.05, 0) is 30.3 Å². The first-order chi connectivity index (χ1) is 11.5. The molecule has 0 saturated heterocycles. The van der Waals surface area contributed by atoms with Crippen LogP contribution >= 0.6 is 19.7 Å². The number of carboxylic acid groups (broad SMARTS) is 1. The molecule has 124 valence electrons. The number of aromatic amines is 1. The van der Waals surface area contributed by atoms with E-state index < -0.39 is 14.1 Å². The average Bonchev–Trinajstić information content (AvgIpc) is 2.95. The van der Waals surface area contributed by atoms with E-state index in [-0.39, 0.29) is 5.69 Å². The number of aromatic carboxylic acids is 1. The number of fused-ring (bicyclic) bond motifs is 1. The Kier molecular flexibility index (Phi) is 4.76. The maximum absolute atomic E-state index is 11.7. The maximum atomic E-state index is 11.7. The standard InChI is InChI=1S/C17H15ClNO4P/c1-22-11-4-3-5-12(9-11)24(23-2)16-13-8-10(18)6-7-14(13)19-15(16)17(20)21/h3-9,19H,1-2H3,(H,20,21). The average molecular weight is 364 g/mol. The van der Waals surface area contributed by atoms with Crippen LogP contribution in [0.1, 0.15) is 10.5 Å². The molecule has 1 unspecified atom stereocenters. The van der Waals surface area contributed by atoms with E-state index >= 15 is 0 Å². The lowest BCUT2D eigenvalue weighted by atomic mass is 10.2. The zero-order valence-corrected chi connectivity index (χ0v) is 14.7. The van der Waals surface area contributed by atoms with E-state index in [1.54, 1.807) is 32.4 Å². The second-order valence-electron chi connectivity index (χ2n) is 5.02. The van der Waals surface area contributed by atoms with Crippen molar-refractivity contribution >= 4 is 47.2 Å². The number of carboxylic acids is 1. The van der Waals surface area contributed by atoms with Crippen molar-refractivity contribution in [3.05, 3.63) is 53.2 Å². The van der Waals surface area contributed by atoms with Crippen molar-refractivity contribution in [1.29, 1.82) is 0 Å². The summed E-state index contributed by atoms with van der Waals surface area (Å²) in [5, 5.41) is 12.3. The molecule has 2 aromatic carbocycles. The number of benzene rings is 2. The first kappa shape index (κ1) is 16.8. The van der Waals surface area contributed by atoms with Crippen molar-refractivity contribution in [1.82, 2.24) is 4.98 Å². The smallest absolute Gasteiger partial charge is 0.353 e. The largest absolute Gasteiger partial charge is 0.497 e. The summed E-state index contributed by atoms with van der Waals surface area (Å²) < 4.78 is 11.0. The summed E-state index contributed by atoms with van der Waals surface area (Å²) in [5.41, 5.74) is 0.822. The lowest BCUT2D eigenvalue weighted by Gasteiger charge is -2.17. The number of carbonyl (C=O) groups is 1. The van der Waals surface area contributed by atoms with Gasteiger partial charge < -0.3 is 19.4 Å². The highest BCUT2D eigenvalue weighted by Gasteiger charge is 2.26. The van der Waals surface area contributed by atoms with Crippen LogP contribution in [0, 0.1) is 0 Å². The van der Waals surface area contributed by atoms with E-state index in [0.29, 0.717) is 21.6 Å². The molecule has 0 spiro atoms. The molecular formula is C17H15ClNO4P. The van der Waals surface area contributed by atoms with Gasteiger partial charge in [0.25, 0.3) is 0 Å². The highest BCUT2D eigenvalue weighted by molar-refractivity contribution is 7.69. The second-order valence-corrected chi connectivity index (χ2v) is 7.38. The van der Waals surface area contributed by atoms with Gasteiger partial charge >= 0.3 is 5.97 Å². The third-order valence-electron chi connectivity index (χ3n) is 3.62. The van der Waals surface area contributed by atoms with Gasteiger partial charge in [0.2, 0.25) is 0 Å². The molecule has 7 heteroatoms. The first-order valence-electron chi connectivity index (χ1n) is 7.08. The molecule has 0 aliphatic heterocycles. The predicted octanol–water partition coefficient (Wildman–Crippen LogP) is 3.52. The molecule has 24 heavy (non-hydrogen) atoms. The molecule has 0 aliphatic carbocycles. The Bertz CT molecular complexity index is 909. The lowest BCUT2D eigenvalue weighted by Crippen LogP contribution is -2.19. The summed E-state index contributed by atoms with van der Waals surface area (Å²) >= 11 is 6.11. The van der Waals surface area contributed by atoms with Crippen molar-refractivity contribution in [2.45, 2.75) is 0 Å². The predicted molar refractivity (Wildman–Crippen MR) is 96.5 cm³/mol. The fourth-order valence-corrected chi connectivity index (χ4v) is 4.63. The molecule has 3 rings (SSSR count). The van der Waals surface area contributed by atoms with E-state index in [1.165, 1.54) is 0 Å². The first-order valence-corrected chi connectivity index (χ1v) is 8.71. The number of nitrogens with one attached hydrogen (secondary N) is 1. The SMILES string of the molecule is COc1cccc(P(OC)c2c(C(=O)O)[nH]c3ccc(Cl)cc23)c1. The van der Waals surface area contributed by atoms with Crippen molar-refractivity contribution < 1.29 is 19.2 Å². The molecule has 3 aromatic rings. The summed E-state index contributed by atoms with van der Waals surface area (Å²) in [4.78, 5) is 14.7. The van der Waals surface area contributed by atoms with Crippen molar-refractivity contribution in [3.8, 4) is 5.75 Å². The fourth-order valence-electron chi connectivity index (χ4n) is 2.58. The molecule has 2 N–H and O–H groups in total. The number of H-pyrrole nitrogens is 1. The van der Waals surface area contributed by atoms with Gasteiger partial charge in [0.15, 0.2) is 0 Å². The lowest BCUT2D eigenvalue weighted by molar-refractivity contribution is 0.0693. The minimum Gasteiger partial charge on any atom is -0.497 e. The Morgan fingerprint density at radius 1 is 1.21 bits per heavy atom. The number of methoxy groups -OCH3 is 1. The minimum atomic E-state index is -1.35. The van der Waals surface area contributed by atoms with Gasteiger partial charge in [0.1, 0.15) is 11.4 Å². The van der Waals surface area contributed by atoms with Crippen LogP contribution in [0.2, 0.25) is 5.02 Å². The third kappa shape index (κ3) is 2.98. The number of rotatable bonds is 5. The highest BCUT2D eigenvalue weighted by atomic mass is 35.5. The molecule has 0 saturated carbocycles. The Balaban J connectivity index is 2.26. The molecule has 0 amide bonds. The molecule has 1 atom stereocenters. The zero-order chi connectivity index (χ0) is 17.3. The molecular weight excluding hydrogens is 349 g/mol. The van der Waals surface area contributed by atoms with Crippen LogP contribution in [0.3, 0.4) is 0 Å². The molecule has 1 aromatic heterocycles. The van der Waals surface area contributed by atoms with Gasteiger partial charge in [-0.3, -0.25) is 0 Å².